The standard InChI is InChI=1S/C15H17FO4/c16-15(14(18)19)8-6-12(7-9-15)13(17)20-10-11-4-2-1-3-5-11/h1-5,12H,6-10H2,(H,18,19)/t12-,15+. The van der Waals surface area contributed by atoms with Crippen molar-refractivity contribution in [2.24, 2.45) is 5.92 Å². The first-order chi connectivity index (χ1) is 9.51. The van der Waals surface area contributed by atoms with Crippen LogP contribution in [0.3, 0.4) is 0 Å². The van der Waals surface area contributed by atoms with Gasteiger partial charge in [0.25, 0.3) is 0 Å². The number of carbonyl (C=O) groups is 2. The molecule has 0 aromatic heterocycles. The van der Waals surface area contributed by atoms with E-state index in [1.807, 2.05) is 30.3 Å². The molecule has 2 rings (SSSR count). The van der Waals surface area contributed by atoms with Gasteiger partial charge >= 0.3 is 11.9 Å². The Morgan fingerprint density at radius 2 is 1.85 bits per heavy atom. The first-order valence-electron chi connectivity index (χ1n) is 6.64. The second-order valence-corrected chi connectivity index (χ2v) is 5.14. The van der Waals surface area contributed by atoms with Crippen molar-refractivity contribution in [1.82, 2.24) is 0 Å². The molecule has 4 nitrogen and oxygen atoms in total. The monoisotopic (exact) mass is 280 g/mol. The average molecular weight is 280 g/mol. The van der Waals surface area contributed by atoms with Gasteiger partial charge < -0.3 is 9.84 Å². The van der Waals surface area contributed by atoms with E-state index in [0.717, 1.165) is 5.56 Å². The number of benzene rings is 1. The summed E-state index contributed by atoms with van der Waals surface area (Å²) < 4.78 is 19.0. The van der Waals surface area contributed by atoms with Crippen LogP contribution in [0.2, 0.25) is 0 Å². The van der Waals surface area contributed by atoms with Gasteiger partial charge in [-0.05, 0) is 31.2 Å². The minimum Gasteiger partial charge on any atom is -0.479 e. The summed E-state index contributed by atoms with van der Waals surface area (Å²) in [4.78, 5) is 22.6. The summed E-state index contributed by atoms with van der Waals surface area (Å²) in [5, 5.41) is 8.78. The van der Waals surface area contributed by atoms with Crippen LogP contribution in [0.5, 0.6) is 0 Å². The number of carboxylic acid groups (broad SMARTS) is 1. The molecule has 0 heterocycles. The van der Waals surface area contributed by atoms with Gasteiger partial charge in [0.2, 0.25) is 5.67 Å². The lowest BCUT2D eigenvalue weighted by molar-refractivity contribution is -0.159. The zero-order chi connectivity index (χ0) is 14.6. The van der Waals surface area contributed by atoms with Crippen LogP contribution >= 0.6 is 0 Å². The van der Waals surface area contributed by atoms with E-state index in [4.69, 9.17) is 9.84 Å². The highest BCUT2D eigenvalue weighted by Gasteiger charge is 2.44. The molecule has 0 spiro atoms. The van der Waals surface area contributed by atoms with Crippen molar-refractivity contribution in [2.75, 3.05) is 0 Å². The van der Waals surface area contributed by atoms with Crippen molar-refractivity contribution in [3.05, 3.63) is 35.9 Å². The van der Waals surface area contributed by atoms with Crippen molar-refractivity contribution in [3.8, 4) is 0 Å². The smallest absolute Gasteiger partial charge is 0.341 e. The zero-order valence-electron chi connectivity index (χ0n) is 11.0. The van der Waals surface area contributed by atoms with Crippen molar-refractivity contribution in [3.63, 3.8) is 0 Å². The van der Waals surface area contributed by atoms with Crippen LogP contribution in [-0.2, 0) is 20.9 Å². The van der Waals surface area contributed by atoms with Gasteiger partial charge in [-0.25, -0.2) is 9.18 Å². The summed E-state index contributed by atoms with van der Waals surface area (Å²) in [6, 6.07) is 9.29. The molecule has 1 aliphatic rings. The molecular weight excluding hydrogens is 263 g/mol. The molecule has 1 aliphatic carbocycles. The van der Waals surface area contributed by atoms with E-state index in [1.54, 1.807) is 0 Å². The Morgan fingerprint density at radius 1 is 1.25 bits per heavy atom. The lowest BCUT2D eigenvalue weighted by atomic mass is 9.80. The van der Waals surface area contributed by atoms with Gasteiger partial charge in [0.15, 0.2) is 0 Å². The van der Waals surface area contributed by atoms with Crippen molar-refractivity contribution in [2.45, 2.75) is 38.0 Å². The molecule has 1 fully saturated rings. The first kappa shape index (κ1) is 14.5. The van der Waals surface area contributed by atoms with Crippen LogP contribution in [0, 0.1) is 5.92 Å². The number of hydrogen-bond donors (Lipinski definition) is 1. The molecule has 108 valence electrons. The highest BCUT2D eigenvalue weighted by Crippen LogP contribution is 2.36. The number of carbonyl (C=O) groups excluding carboxylic acids is 1. The third-order valence-corrected chi connectivity index (χ3v) is 3.72. The van der Waals surface area contributed by atoms with Crippen LogP contribution in [-0.4, -0.2) is 22.7 Å². The summed E-state index contributed by atoms with van der Waals surface area (Å²) in [5.41, 5.74) is -1.29. The topological polar surface area (TPSA) is 63.6 Å². The normalized spacial score (nSPS) is 25.9. The van der Waals surface area contributed by atoms with E-state index in [1.165, 1.54) is 0 Å². The Kier molecular flexibility index (Phi) is 4.37. The molecule has 1 saturated carbocycles. The minimum absolute atomic E-state index is 0.132. The lowest BCUT2D eigenvalue weighted by Gasteiger charge is -2.29. The van der Waals surface area contributed by atoms with Crippen LogP contribution in [0.1, 0.15) is 31.2 Å². The predicted molar refractivity (Wildman–Crippen MR) is 69.7 cm³/mol. The SMILES string of the molecule is O=C(OCc1ccccc1)[C@H]1CC[C@](F)(C(=O)O)CC1. The fourth-order valence-corrected chi connectivity index (χ4v) is 2.37. The molecule has 0 amide bonds. The van der Waals surface area contributed by atoms with Gasteiger partial charge in [0, 0.05) is 0 Å². The van der Waals surface area contributed by atoms with E-state index in [0.29, 0.717) is 0 Å². The molecule has 0 saturated heterocycles. The molecule has 20 heavy (non-hydrogen) atoms. The maximum Gasteiger partial charge on any atom is 0.341 e. The second kappa shape index (κ2) is 6.03. The number of alkyl halides is 1. The molecule has 5 heteroatoms. The second-order valence-electron chi connectivity index (χ2n) is 5.14. The Bertz CT molecular complexity index is 478. The number of carboxylic acids is 1. The summed E-state index contributed by atoms with van der Waals surface area (Å²) in [6.07, 6.45) is 0.174. The fraction of sp³-hybridized carbons (Fsp3) is 0.467. The van der Waals surface area contributed by atoms with Gasteiger partial charge in [-0.15, -0.1) is 0 Å². The van der Waals surface area contributed by atoms with E-state index in [2.05, 4.69) is 0 Å². The van der Waals surface area contributed by atoms with Gasteiger partial charge in [-0.1, -0.05) is 30.3 Å². The number of hydrogen-bond acceptors (Lipinski definition) is 3. The Morgan fingerprint density at radius 3 is 2.40 bits per heavy atom. The Balaban J connectivity index is 1.82. The molecule has 0 aliphatic heterocycles. The van der Waals surface area contributed by atoms with Crippen LogP contribution in [0.25, 0.3) is 0 Å². The highest BCUT2D eigenvalue weighted by molar-refractivity contribution is 5.78. The predicted octanol–water partition coefficient (Wildman–Crippen LogP) is 2.71. The largest absolute Gasteiger partial charge is 0.479 e. The van der Waals surface area contributed by atoms with E-state index in [9.17, 15) is 14.0 Å². The minimum atomic E-state index is -2.18. The Labute approximate surface area is 116 Å². The fourth-order valence-electron chi connectivity index (χ4n) is 2.37. The third-order valence-electron chi connectivity index (χ3n) is 3.72. The number of aliphatic carboxylic acids is 1. The molecule has 1 aromatic rings. The quantitative estimate of drug-likeness (QED) is 0.861. The first-order valence-corrected chi connectivity index (χ1v) is 6.64. The van der Waals surface area contributed by atoms with Crippen molar-refractivity contribution < 1.29 is 23.8 Å². The molecular formula is C15H17FO4. The van der Waals surface area contributed by atoms with Crippen molar-refractivity contribution in [1.29, 1.82) is 0 Å². The Hall–Kier alpha value is -1.91. The molecule has 1 aromatic carbocycles. The van der Waals surface area contributed by atoms with Gasteiger partial charge in [-0.3, -0.25) is 4.79 Å². The summed E-state index contributed by atoms with van der Waals surface area (Å²) in [7, 11) is 0. The number of halogens is 1. The third kappa shape index (κ3) is 3.35. The number of ether oxygens (including phenoxy) is 1. The zero-order valence-corrected chi connectivity index (χ0v) is 11.0. The van der Waals surface area contributed by atoms with E-state index >= 15 is 0 Å². The molecule has 0 radical (unpaired) electrons. The van der Waals surface area contributed by atoms with E-state index < -0.39 is 17.6 Å². The summed E-state index contributed by atoms with van der Waals surface area (Å²) >= 11 is 0. The molecule has 1 N–H and O–H groups in total. The average Bonchev–Trinajstić information content (AvgIpc) is 2.46. The maximum absolute atomic E-state index is 13.8. The maximum atomic E-state index is 13.8. The van der Waals surface area contributed by atoms with Crippen LogP contribution < -0.4 is 0 Å². The summed E-state index contributed by atoms with van der Waals surface area (Å²) in [5.74, 6) is -2.21. The van der Waals surface area contributed by atoms with Gasteiger partial charge in [0.1, 0.15) is 6.61 Å². The van der Waals surface area contributed by atoms with Gasteiger partial charge in [-0.2, -0.15) is 0 Å². The molecule has 0 bridgehead atoms. The molecule has 0 unspecified atom stereocenters. The van der Waals surface area contributed by atoms with Crippen molar-refractivity contribution >= 4 is 11.9 Å². The number of esters is 1. The lowest BCUT2D eigenvalue weighted by Crippen LogP contribution is -2.39. The highest BCUT2D eigenvalue weighted by atomic mass is 19.1. The summed E-state index contributed by atoms with van der Waals surface area (Å²) in [6.45, 7) is 0.190. The molecule has 0 atom stereocenters. The van der Waals surface area contributed by atoms with Crippen LogP contribution in [0.15, 0.2) is 30.3 Å². The van der Waals surface area contributed by atoms with Crippen LogP contribution in [0.4, 0.5) is 4.39 Å². The van der Waals surface area contributed by atoms with E-state index in [-0.39, 0.29) is 38.3 Å². The van der Waals surface area contributed by atoms with Gasteiger partial charge in [0.05, 0.1) is 5.92 Å². The number of rotatable bonds is 4.